The molecule has 0 unspecified atom stereocenters. The van der Waals surface area contributed by atoms with Crippen molar-refractivity contribution < 1.29 is 10.0 Å². The summed E-state index contributed by atoms with van der Waals surface area (Å²) >= 11 is 0. The van der Waals surface area contributed by atoms with E-state index >= 15 is 0 Å². The Morgan fingerprint density at radius 2 is 1.35 bits per heavy atom. The van der Waals surface area contributed by atoms with Gasteiger partial charge in [0.2, 0.25) is 0 Å². The highest BCUT2D eigenvalue weighted by molar-refractivity contribution is 5.93. The second-order valence-corrected chi connectivity index (χ2v) is 2.47. The van der Waals surface area contributed by atoms with Gasteiger partial charge in [-0.25, -0.2) is 5.48 Å². The van der Waals surface area contributed by atoms with Crippen molar-refractivity contribution in [3.05, 3.63) is 12.2 Å². The molecular formula is C14H7NO2. The average Bonchev–Trinajstić information content (AvgIpc) is 2.30. The number of amides is 1. The van der Waals surface area contributed by atoms with Gasteiger partial charge < -0.3 is 0 Å². The third-order valence-corrected chi connectivity index (χ3v) is 0.991. The van der Waals surface area contributed by atoms with E-state index in [0.717, 1.165) is 5.57 Å². The van der Waals surface area contributed by atoms with E-state index in [9.17, 15) is 4.79 Å². The van der Waals surface area contributed by atoms with E-state index in [1.54, 1.807) is 6.92 Å². The van der Waals surface area contributed by atoms with Crippen LogP contribution in [-0.2, 0) is 4.79 Å². The standard InChI is InChI=1S/C14H7NO2/c1-13(2)11-9-7-5-3-4-6-8-10-12-14(16)15-17/h17H,1H2,2H3,(H,15,16). The summed E-state index contributed by atoms with van der Waals surface area (Å²) in [5.41, 5.74) is 2.06. The minimum absolute atomic E-state index is 0.726. The van der Waals surface area contributed by atoms with Crippen LogP contribution in [0.2, 0.25) is 0 Å². The molecule has 0 fully saturated rings. The molecule has 0 rings (SSSR count). The summed E-state index contributed by atoms with van der Waals surface area (Å²) in [5, 5.41) is 8.08. The molecule has 0 aromatic rings. The molecule has 0 aromatic carbocycles. The normalized spacial score (nSPS) is 5.53. The molecule has 0 spiro atoms. The molecule has 0 saturated heterocycles. The first kappa shape index (κ1) is 14.0. The zero-order valence-electron chi connectivity index (χ0n) is 9.06. The van der Waals surface area contributed by atoms with E-state index < -0.39 is 5.91 Å². The van der Waals surface area contributed by atoms with Crippen molar-refractivity contribution in [3.63, 3.8) is 0 Å². The van der Waals surface area contributed by atoms with Crippen molar-refractivity contribution in [2.45, 2.75) is 6.92 Å². The third-order valence-electron chi connectivity index (χ3n) is 0.991. The lowest BCUT2D eigenvalue weighted by Gasteiger charge is -1.79. The summed E-state index contributed by atoms with van der Waals surface area (Å²) in [7, 11) is 0. The number of hydroxylamine groups is 1. The van der Waals surface area contributed by atoms with Gasteiger partial charge in [0, 0.05) is 5.92 Å². The van der Waals surface area contributed by atoms with Crippen molar-refractivity contribution in [2.75, 3.05) is 0 Å². The molecule has 0 heterocycles. The Labute approximate surface area is 100 Å². The number of nitrogens with one attached hydrogen (secondary N) is 1. The third kappa shape index (κ3) is 10.9. The van der Waals surface area contributed by atoms with E-state index in [2.05, 4.69) is 59.9 Å². The zero-order valence-corrected chi connectivity index (χ0v) is 9.06. The first-order chi connectivity index (χ1) is 8.16. The zero-order chi connectivity index (χ0) is 12.9. The molecule has 3 heteroatoms. The van der Waals surface area contributed by atoms with Gasteiger partial charge in [-0.2, -0.15) is 0 Å². The van der Waals surface area contributed by atoms with Crippen LogP contribution in [0.3, 0.4) is 0 Å². The summed E-state index contributed by atoms with van der Waals surface area (Å²) in [4.78, 5) is 10.4. The lowest BCUT2D eigenvalue weighted by molar-refractivity contribution is -0.123. The topological polar surface area (TPSA) is 49.3 Å². The maximum Gasteiger partial charge on any atom is 0.320 e. The minimum atomic E-state index is -0.831. The van der Waals surface area contributed by atoms with Crippen LogP contribution in [0.1, 0.15) is 6.92 Å². The second kappa shape index (κ2) is 9.52. The predicted octanol–water partition coefficient (Wildman–Crippen LogP) is 0.0849. The Bertz CT molecular complexity index is 614. The lowest BCUT2D eigenvalue weighted by atomic mass is 10.3. The van der Waals surface area contributed by atoms with Crippen molar-refractivity contribution in [3.8, 4) is 59.2 Å². The molecule has 0 bridgehead atoms. The number of hydrogen-bond acceptors (Lipinski definition) is 2. The monoisotopic (exact) mass is 221 g/mol. The molecule has 0 aromatic heterocycles. The SMILES string of the molecule is C=C(C)C#CC#CC#CC#CC#CC(=O)NO. The molecule has 0 aliphatic rings. The molecule has 0 saturated carbocycles. The number of hydrogen-bond donors (Lipinski definition) is 2. The molecule has 17 heavy (non-hydrogen) atoms. The average molecular weight is 221 g/mol. The smallest absolute Gasteiger partial charge is 0.288 e. The van der Waals surface area contributed by atoms with Crippen molar-refractivity contribution >= 4 is 5.91 Å². The fourth-order valence-corrected chi connectivity index (χ4v) is 0.441. The predicted molar refractivity (Wildman–Crippen MR) is 63.6 cm³/mol. The van der Waals surface area contributed by atoms with E-state index in [1.165, 1.54) is 5.48 Å². The van der Waals surface area contributed by atoms with Crippen molar-refractivity contribution in [2.24, 2.45) is 0 Å². The minimum Gasteiger partial charge on any atom is -0.288 e. The van der Waals surface area contributed by atoms with Gasteiger partial charge in [0.1, 0.15) is 0 Å². The number of rotatable bonds is 0. The summed E-state index contributed by atoms with van der Waals surface area (Å²) < 4.78 is 0. The Morgan fingerprint density at radius 1 is 0.941 bits per heavy atom. The van der Waals surface area contributed by atoms with Gasteiger partial charge in [-0.15, -0.1) is 0 Å². The van der Waals surface area contributed by atoms with Gasteiger partial charge in [-0.1, -0.05) is 12.5 Å². The van der Waals surface area contributed by atoms with E-state index in [4.69, 9.17) is 5.21 Å². The molecule has 80 valence electrons. The molecular weight excluding hydrogens is 214 g/mol. The molecule has 0 aliphatic carbocycles. The van der Waals surface area contributed by atoms with Crippen LogP contribution in [-0.4, -0.2) is 11.1 Å². The molecule has 3 nitrogen and oxygen atoms in total. The van der Waals surface area contributed by atoms with Crippen LogP contribution in [0.25, 0.3) is 0 Å². The van der Waals surface area contributed by atoms with Crippen LogP contribution < -0.4 is 5.48 Å². The van der Waals surface area contributed by atoms with Gasteiger partial charge in [0.25, 0.3) is 0 Å². The summed E-state index contributed by atoms with van der Waals surface area (Å²) in [6, 6.07) is 0. The summed E-state index contributed by atoms with van der Waals surface area (Å²) in [6.45, 7) is 5.35. The Balaban J connectivity index is 4.28. The first-order valence-corrected chi connectivity index (χ1v) is 4.28. The van der Waals surface area contributed by atoms with Crippen LogP contribution in [0.15, 0.2) is 12.2 Å². The lowest BCUT2D eigenvalue weighted by Crippen LogP contribution is -2.15. The fourth-order valence-electron chi connectivity index (χ4n) is 0.441. The summed E-state index contributed by atoms with van der Waals surface area (Å²) in [6.07, 6.45) is 0. The van der Waals surface area contributed by atoms with Gasteiger partial charge in [-0.05, 0) is 59.9 Å². The number of carbonyl (C=O) groups is 1. The molecule has 2 N–H and O–H groups in total. The van der Waals surface area contributed by atoms with Gasteiger partial charge in [-0.3, -0.25) is 10.0 Å². The second-order valence-electron chi connectivity index (χ2n) is 2.47. The van der Waals surface area contributed by atoms with Crippen molar-refractivity contribution in [1.29, 1.82) is 0 Å². The molecule has 1 amide bonds. The largest absolute Gasteiger partial charge is 0.320 e. The Hall–Kier alpha value is -3.03. The van der Waals surface area contributed by atoms with E-state index in [1.807, 2.05) is 5.92 Å². The molecule has 0 atom stereocenters. The van der Waals surface area contributed by atoms with Crippen LogP contribution in [0.4, 0.5) is 0 Å². The Morgan fingerprint density at radius 3 is 1.76 bits per heavy atom. The highest BCUT2D eigenvalue weighted by Crippen LogP contribution is 1.77. The number of allylic oxidation sites excluding steroid dienone is 1. The molecule has 0 radical (unpaired) electrons. The van der Waals surface area contributed by atoms with Crippen LogP contribution >= 0.6 is 0 Å². The van der Waals surface area contributed by atoms with Gasteiger partial charge >= 0.3 is 5.91 Å². The van der Waals surface area contributed by atoms with Crippen molar-refractivity contribution in [1.82, 2.24) is 5.48 Å². The van der Waals surface area contributed by atoms with Crippen LogP contribution in [0.5, 0.6) is 0 Å². The Kier molecular flexibility index (Phi) is 7.82. The molecule has 0 aliphatic heterocycles. The first-order valence-electron chi connectivity index (χ1n) is 4.28. The quantitative estimate of drug-likeness (QED) is 0.346. The summed E-state index contributed by atoms with van der Waals surface area (Å²) in [5.74, 6) is 22.9. The van der Waals surface area contributed by atoms with E-state index in [-0.39, 0.29) is 0 Å². The maximum atomic E-state index is 10.4. The highest BCUT2D eigenvalue weighted by atomic mass is 16.5. The van der Waals surface area contributed by atoms with E-state index in [0.29, 0.717) is 0 Å². The fraction of sp³-hybridized carbons (Fsp3) is 0.0714. The van der Waals surface area contributed by atoms with Gasteiger partial charge in [0.05, 0.1) is 0 Å². The van der Waals surface area contributed by atoms with Gasteiger partial charge in [0.15, 0.2) is 0 Å². The van der Waals surface area contributed by atoms with Crippen LogP contribution in [0, 0.1) is 59.2 Å². The highest BCUT2D eigenvalue weighted by Gasteiger charge is 1.84. The maximum absolute atomic E-state index is 10.4. The number of carbonyl (C=O) groups excluding carboxylic acids is 1.